The zero-order valence-corrected chi connectivity index (χ0v) is 7.58. The van der Waals surface area contributed by atoms with Crippen molar-refractivity contribution in [1.29, 1.82) is 0 Å². The van der Waals surface area contributed by atoms with Gasteiger partial charge in [0.25, 0.3) is 10.1 Å². The Bertz CT molecular complexity index is 250. The van der Waals surface area contributed by atoms with Gasteiger partial charge in [-0.25, -0.2) is 0 Å². The highest BCUT2D eigenvalue weighted by Crippen LogP contribution is 1.83. The Labute approximate surface area is 71.6 Å². The van der Waals surface area contributed by atoms with Crippen molar-refractivity contribution >= 4 is 10.1 Å². The van der Waals surface area contributed by atoms with Gasteiger partial charge in [-0.1, -0.05) is 6.92 Å². The van der Waals surface area contributed by atoms with Crippen molar-refractivity contribution < 1.29 is 13.0 Å². The first-order chi connectivity index (χ1) is 5.56. The number of nitrogens with one attached hydrogen (secondary N) is 1. The fourth-order valence-electron chi connectivity index (χ4n) is 0.473. The van der Waals surface area contributed by atoms with E-state index in [-0.39, 0.29) is 5.75 Å². The molecule has 0 amide bonds. The molecule has 0 atom stereocenters. The van der Waals surface area contributed by atoms with Gasteiger partial charge in [-0.3, -0.25) is 9.65 Å². The molecule has 2 N–H and O–H groups in total. The number of hydrogen-bond donors (Lipinski definition) is 2. The summed E-state index contributed by atoms with van der Waals surface area (Å²) < 4.78 is 27.6. The third-order valence-electron chi connectivity index (χ3n) is 0.868. The summed E-state index contributed by atoms with van der Waals surface area (Å²) in [6.07, 6.45) is 3.93. The molecule has 0 unspecified atom stereocenters. The van der Waals surface area contributed by atoms with Gasteiger partial charge < -0.3 is 0 Å². The quantitative estimate of drug-likeness (QED) is 0.675. The van der Waals surface area contributed by atoms with Crippen molar-refractivity contribution in [3.8, 4) is 0 Å². The maximum absolute atomic E-state index is 9.79. The van der Waals surface area contributed by atoms with Crippen molar-refractivity contribution in [2.45, 2.75) is 13.3 Å². The molecule has 0 aliphatic heterocycles. The fourth-order valence-corrected chi connectivity index (χ4v) is 0.989. The maximum Gasteiger partial charge on any atom is 0.264 e. The lowest BCUT2D eigenvalue weighted by molar-refractivity contribution is 0.482. The van der Waals surface area contributed by atoms with E-state index in [2.05, 4.69) is 10.2 Å². The van der Waals surface area contributed by atoms with Crippen LogP contribution in [-0.4, -0.2) is 28.9 Å². The summed E-state index contributed by atoms with van der Waals surface area (Å²) in [6, 6.07) is 1.83. The van der Waals surface area contributed by atoms with Crippen LogP contribution >= 0.6 is 0 Å². The molecule has 0 aromatic carbocycles. The minimum atomic E-state index is -3.67. The number of aromatic amines is 1. The second-order valence-corrected chi connectivity index (χ2v) is 3.62. The molecule has 1 heterocycles. The molecule has 12 heavy (non-hydrogen) atoms. The first kappa shape index (κ1) is 11.1. The van der Waals surface area contributed by atoms with Crippen LogP contribution in [0.2, 0.25) is 0 Å². The van der Waals surface area contributed by atoms with Crippen LogP contribution in [-0.2, 0) is 10.1 Å². The predicted octanol–water partition coefficient (Wildman–Crippen LogP) is 0.694. The van der Waals surface area contributed by atoms with E-state index in [1.807, 2.05) is 6.07 Å². The molecular formula is C6H12N2O3S. The molecular weight excluding hydrogens is 180 g/mol. The largest absolute Gasteiger partial charge is 0.286 e. The Morgan fingerprint density at radius 3 is 2.33 bits per heavy atom. The van der Waals surface area contributed by atoms with Crippen molar-refractivity contribution in [3.05, 3.63) is 18.5 Å². The molecule has 0 radical (unpaired) electrons. The van der Waals surface area contributed by atoms with Crippen LogP contribution in [0, 0.1) is 0 Å². The van der Waals surface area contributed by atoms with Crippen LogP contribution in [0.25, 0.3) is 0 Å². The Kier molecular flexibility index (Phi) is 5.31. The van der Waals surface area contributed by atoms with E-state index in [0.29, 0.717) is 6.42 Å². The lowest BCUT2D eigenvalue weighted by atomic mass is 10.6. The minimum absolute atomic E-state index is 0.132. The smallest absolute Gasteiger partial charge is 0.264 e. The van der Waals surface area contributed by atoms with Crippen LogP contribution in [0.15, 0.2) is 18.5 Å². The average molecular weight is 192 g/mol. The second kappa shape index (κ2) is 5.73. The van der Waals surface area contributed by atoms with Gasteiger partial charge in [0.2, 0.25) is 0 Å². The monoisotopic (exact) mass is 192 g/mol. The minimum Gasteiger partial charge on any atom is -0.286 e. The van der Waals surface area contributed by atoms with Gasteiger partial charge in [-0.2, -0.15) is 13.5 Å². The van der Waals surface area contributed by atoms with Crippen LogP contribution in [0.4, 0.5) is 0 Å². The molecule has 70 valence electrons. The van der Waals surface area contributed by atoms with Gasteiger partial charge in [0.05, 0.1) is 5.75 Å². The molecule has 6 heteroatoms. The van der Waals surface area contributed by atoms with Gasteiger partial charge in [0, 0.05) is 12.4 Å². The summed E-state index contributed by atoms with van der Waals surface area (Å²) in [5.74, 6) is -0.132. The normalized spacial score (nSPS) is 10.2. The molecule has 5 nitrogen and oxygen atoms in total. The zero-order chi connectivity index (χ0) is 9.45. The first-order valence-electron chi connectivity index (χ1n) is 3.45. The van der Waals surface area contributed by atoms with Gasteiger partial charge in [-0.15, -0.1) is 0 Å². The third kappa shape index (κ3) is 9.12. The fraction of sp³-hybridized carbons (Fsp3) is 0.500. The highest BCUT2D eigenvalue weighted by atomic mass is 32.2. The lowest BCUT2D eigenvalue weighted by Crippen LogP contribution is -2.01. The Morgan fingerprint density at radius 1 is 1.58 bits per heavy atom. The summed E-state index contributed by atoms with van der Waals surface area (Å²) in [7, 11) is -3.67. The van der Waals surface area contributed by atoms with Crippen molar-refractivity contribution in [2.24, 2.45) is 0 Å². The third-order valence-corrected chi connectivity index (χ3v) is 1.79. The van der Waals surface area contributed by atoms with Gasteiger partial charge in [-0.05, 0) is 12.5 Å². The molecule has 0 fully saturated rings. The topological polar surface area (TPSA) is 83.1 Å². The first-order valence-corrected chi connectivity index (χ1v) is 5.06. The summed E-state index contributed by atoms with van der Waals surface area (Å²) in [5, 5.41) is 6.21. The molecule has 1 aromatic rings. The van der Waals surface area contributed by atoms with Crippen molar-refractivity contribution in [3.63, 3.8) is 0 Å². The van der Waals surface area contributed by atoms with E-state index in [1.165, 1.54) is 0 Å². The molecule has 0 aliphatic carbocycles. The summed E-state index contributed by atoms with van der Waals surface area (Å²) in [4.78, 5) is 0. The van der Waals surface area contributed by atoms with Gasteiger partial charge >= 0.3 is 0 Å². The molecule has 0 saturated carbocycles. The Balaban J connectivity index is 0.000000211. The zero-order valence-electron chi connectivity index (χ0n) is 6.77. The number of rotatable bonds is 2. The van der Waals surface area contributed by atoms with E-state index < -0.39 is 10.1 Å². The van der Waals surface area contributed by atoms with Gasteiger partial charge in [0.15, 0.2) is 0 Å². The SMILES string of the molecule is CCCS(=O)(=O)O.c1cn[nH]c1. The lowest BCUT2D eigenvalue weighted by Gasteiger charge is -1.85. The molecule has 0 saturated heterocycles. The molecule has 1 rings (SSSR count). The van der Waals surface area contributed by atoms with E-state index in [0.717, 1.165) is 0 Å². The van der Waals surface area contributed by atoms with E-state index in [9.17, 15) is 8.42 Å². The van der Waals surface area contributed by atoms with Crippen LogP contribution < -0.4 is 0 Å². The molecule has 0 aliphatic rings. The number of aromatic nitrogens is 2. The number of hydrogen-bond acceptors (Lipinski definition) is 3. The van der Waals surface area contributed by atoms with E-state index in [1.54, 1.807) is 19.3 Å². The highest BCUT2D eigenvalue weighted by molar-refractivity contribution is 7.85. The van der Waals surface area contributed by atoms with Gasteiger partial charge in [0.1, 0.15) is 0 Å². The maximum atomic E-state index is 9.79. The van der Waals surface area contributed by atoms with E-state index in [4.69, 9.17) is 4.55 Å². The molecule has 0 spiro atoms. The summed E-state index contributed by atoms with van der Waals surface area (Å²) in [5.41, 5.74) is 0. The molecule has 0 bridgehead atoms. The standard InChI is InChI=1S/C3H4N2.C3H8O3S/c1-2-4-5-3-1;1-2-3-7(4,5)6/h1-3H,(H,4,5);2-3H2,1H3,(H,4,5,6). The number of nitrogens with zero attached hydrogens (tertiary/aromatic N) is 1. The van der Waals surface area contributed by atoms with Crippen LogP contribution in [0.1, 0.15) is 13.3 Å². The van der Waals surface area contributed by atoms with Crippen molar-refractivity contribution in [1.82, 2.24) is 10.2 Å². The highest BCUT2D eigenvalue weighted by Gasteiger charge is 1.98. The van der Waals surface area contributed by atoms with Crippen molar-refractivity contribution in [2.75, 3.05) is 5.75 Å². The Hall–Kier alpha value is -0.880. The Morgan fingerprint density at radius 2 is 2.25 bits per heavy atom. The predicted molar refractivity (Wildman–Crippen MR) is 45.3 cm³/mol. The average Bonchev–Trinajstić information content (AvgIpc) is 2.38. The second-order valence-electron chi connectivity index (χ2n) is 2.05. The van der Waals surface area contributed by atoms with Crippen LogP contribution in [0.5, 0.6) is 0 Å². The molecule has 1 aromatic heterocycles. The summed E-state index contributed by atoms with van der Waals surface area (Å²) >= 11 is 0. The van der Waals surface area contributed by atoms with E-state index >= 15 is 0 Å². The van der Waals surface area contributed by atoms with Crippen LogP contribution in [0.3, 0.4) is 0 Å². The number of H-pyrrole nitrogens is 1. The summed E-state index contributed by atoms with van der Waals surface area (Å²) in [6.45, 7) is 1.69.